The SMILES string of the molecule is Cl.N=C(NC(=N)NC1CC1)Nc1ccc(C(F)(F)F)cc1. The van der Waals surface area contributed by atoms with E-state index in [1.165, 1.54) is 12.1 Å². The average Bonchev–Trinajstić information content (AvgIpc) is 3.11. The number of rotatable bonds is 2. The van der Waals surface area contributed by atoms with Crippen LogP contribution in [-0.2, 0) is 6.18 Å². The Balaban J connectivity index is 0.00000220. The highest BCUT2D eigenvalue weighted by Crippen LogP contribution is 2.29. The molecule has 0 radical (unpaired) electrons. The Morgan fingerprint density at radius 3 is 2.10 bits per heavy atom. The van der Waals surface area contributed by atoms with E-state index in [2.05, 4.69) is 16.0 Å². The van der Waals surface area contributed by atoms with Gasteiger partial charge in [0.25, 0.3) is 0 Å². The van der Waals surface area contributed by atoms with Crippen LogP contribution in [0.4, 0.5) is 18.9 Å². The summed E-state index contributed by atoms with van der Waals surface area (Å²) in [5.74, 6) is -0.181. The number of halogens is 4. The van der Waals surface area contributed by atoms with Gasteiger partial charge in [0.05, 0.1) is 5.56 Å². The molecule has 0 heterocycles. The highest BCUT2D eigenvalue weighted by Gasteiger charge is 2.30. The lowest BCUT2D eigenvalue weighted by Gasteiger charge is -2.13. The van der Waals surface area contributed by atoms with E-state index in [9.17, 15) is 13.2 Å². The van der Waals surface area contributed by atoms with E-state index in [-0.39, 0.29) is 30.4 Å². The van der Waals surface area contributed by atoms with E-state index in [4.69, 9.17) is 10.8 Å². The molecule has 21 heavy (non-hydrogen) atoms. The van der Waals surface area contributed by atoms with Crippen LogP contribution >= 0.6 is 12.4 Å². The molecule has 0 atom stereocenters. The molecule has 5 nitrogen and oxygen atoms in total. The van der Waals surface area contributed by atoms with Crippen molar-refractivity contribution in [2.45, 2.75) is 25.1 Å². The van der Waals surface area contributed by atoms with Crippen LogP contribution in [0.5, 0.6) is 0 Å². The van der Waals surface area contributed by atoms with Gasteiger partial charge in [-0.05, 0) is 37.1 Å². The van der Waals surface area contributed by atoms with Crippen LogP contribution in [0.1, 0.15) is 18.4 Å². The van der Waals surface area contributed by atoms with E-state index < -0.39 is 11.7 Å². The predicted molar refractivity (Wildman–Crippen MR) is 77.1 cm³/mol. The summed E-state index contributed by atoms with van der Waals surface area (Å²) in [6.07, 6.45) is -2.37. The van der Waals surface area contributed by atoms with Gasteiger partial charge >= 0.3 is 6.18 Å². The summed E-state index contributed by atoms with van der Waals surface area (Å²) < 4.78 is 37.1. The molecular weight excluding hydrogens is 307 g/mol. The fourth-order valence-corrected chi connectivity index (χ4v) is 1.51. The minimum Gasteiger partial charge on any atom is -0.353 e. The Bertz CT molecular complexity index is 511. The fourth-order valence-electron chi connectivity index (χ4n) is 1.51. The second-order valence-corrected chi connectivity index (χ2v) is 4.49. The van der Waals surface area contributed by atoms with Crippen LogP contribution < -0.4 is 16.0 Å². The van der Waals surface area contributed by atoms with E-state index in [1.54, 1.807) is 0 Å². The highest BCUT2D eigenvalue weighted by atomic mass is 35.5. The lowest BCUT2D eigenvalue weighted by molar-refractivity contribution is -0.137. The monoisotopic (exact) mass is 321 g/mol. The molecular formula is C12H15ClF3N5. The first-order chi connectivity index (χ1) is 9.34. The van der Waals surface area contributed by atoms with Crippen LogP contribution in [-0.4, -0.2) is 18.0 Å². The van der Waals surface area contributed by atoms with E-state index in [0.29, 0.717) is 5.69 Å². The first kappa shape index (κ1) is 17.1. The van der Waals surface area contributed by atoms with Gasteiger partial charge in [0.2, 0.25) is 0 Å². The summed E-state index contributed by atoms with van der Waals surface area (Å²) in [5, 5.41) is 23.0. The quantitative estimate of drug-likeness (QED) is 0.429. The molecule has 0 saturated heterocycles. The molecule has 0 bridgehead atoms. The summed E-state index contributed by atoms with van der Waals surface area (Å²) in [5.41, 5.74) is -0.402. The zero-order valence-electron chi connectivity index (χ0n) is 10.8. The minimum absolute atomic E-state index is 0. The van der Waals surface area contributed by atoms with E-state index in [0.717, 1.165) is 25.0 Å². The molecule has 2 rings (SSSR count). The summed E-state index contributed by atoms with van der Waals surface area (Å²) in [6.45, 7) is 0. The second-order valence-electron chi connectivity index (χ2n) is 4.49. The van der Waals surface area contributed by atoms with Gasteiger partial charge in [-0.3, -0.25) is 16.1 Å². The summed E-state index contributed by atoms with van der Waals surface area (Å²) in [7, 11) is 0. The lowest BCUT2D eigenvalue weighted by Crippen LogP contribution is -2.43. The molecule has 1 aliphatic carbocycles. The molecule has 1 saturated carbocycles. The molecule has 0 amide bonds. The van der Waals surface area contributed by atoms with Gasteiger partial charge < -0.3 is 10.6 Å². The predicted octanol–water partition coefficient (Wildman–Crippen LogP) is 2.75. The van der Waals surface area contributed by atoms with Crippen LogP contribution in [0.15, 0.2) is 24.3 Å². The zero-order valence-corrected chi connectivity index (χ0v) is 11.7. The van der Waals surface area contributed by atoms with Gasteiger partial charge in [0, 0.05) is 11.7 Å². The topological polar surface area (TPSA) is 83.8 Å². The molecule has 9 heteroatoms. The van der Waals surface area contributed by atoms with Crippen molar-refractivity contribution in [3.05, 3.63) is 29.8 Å². The number of hydrogen-bond acceptors (Lipinski definition) is 2. The normalized spacial score (nSPS) is 13.9. The van der Waals surface area contributed by atoms with Gasteiger partial charge in [-0.15, -0.1) is 12.4 Å². The van der Waals surface area contributed by atoms with Crippen LogP contribution in [0.3, 0.4) is 0 Å². The Labute approximate surface area is 125 Å². The number of benzene rings is 1. The van der Waals surface area contributed by atoms with E-state index >= 15 is 0 Å². The summed E-state index contributed by atoms with van der Waals surface area (Å²) >= 11 is 0. The van der Waals surface area contributed by atoms with Gasteiger partial charge in [0.15, 0.2) is 11.9 Å². The molecule has 0 aliphatic heterocycles. The number of nitrogens with one attached hydrogen (secondary N) is 5. The van der Waals surface area contributed by atoms with Crippen molar-refractivity contribution in [1.29, 1.82) is 10.8 Å². The molecule has 1 aliphatic rings. The van der Waals surface area contributed by atoms with Crippen molar-refractivity contribution in [1.82, 2.24) is 10.6 Å². The van der Waals surface area contributed by atoms with Gasteiger partial charge in [-0.2, -0.15) is 13.2 Å². The van der Waals surface area contributed by atoms with Crippen LogP contribution in [0, 0.1) is 10.8 Å². The number of anilines is 1. The van der Waals surface area contributed by atoms with Crippen molar-refractivity contribution in [3.63, 3.8) is 0 Å². The number of alkyl halides is 3. The van der Waals surface area contributed by atoms with Gasteiger partial charge in [-0.1, -0.05) is 0 Å². The maximum Gasteiger partial charge on any atom is 0.416 e. The third-order valence-electron chi connectivity index (χ3n) is 2.66. The van der Waals surface area contributed by atoms with Crippen molar-refractivity contribution in [2.75, 3.05) is 5.32 Å². The fraction of sp³-hybridized carbons (Fsp3) is 0.333. The Hall–Kier alpha value is -1.96. The molecule has 1 fully saturated rings. The molecule has 0 unspecified atom stereocenters. The smallest absolute Gasteiger partial charge is 0.353 e. The maximum atomic E-state index is 12.4. The van der Waals surface area contributed by atoms with E-state index in [1.807, 2.05) is 0 Å². The lowest BCUT2D eigenvalue weighted by atomic mass is 10.2. The zero-order chi connectivity index (χ0) is 14.8. The Kier molecular flexibility index (Phi) is 5.42. The molecule has 1 aromatic carbocycles. The van der Waals surface area contributed by atoms with Crippen LogP contribution in [0.2, 0.25) is 0 Å². The van der Waals surface area contributed by atoms with Crippen LogP contribution in [0.25, 0.3) is 0 Å². The summed E-state index contributed by atoms with van der Waals surface area (Å²) in [4.78, 5) is 0. The molecule has 1 aromatic rings. The van der Waals surface area contributed by atoms with Crippen molar-refractivity contribution < 1.29 is 13.2 Å². The average molecular weight is 322 g/mol. The van der Waals surface area contributed by atoms with Crippen molar-refractivity contribution in [2.24, 2.45) is 0 Å². The third-order valence-corrected chi connectivity index (χ3v) is 2.66. The van der Waals surface area contributed by atoms with Crippen molar-refractivity contribution >= 4 is 30.0 Å². The number of hydrogen-bond donors (Lipinski definition) is 5. The van der Waals surface area contributed by atoms with Gasteiger partial charge in [-0.25, -0.2) is 0 Å². The van der Waals surface area contributed by atoms with Gasteiger partial charge in [0.1, 0.15) is 0 Å². The molecule has 116 valence electrons. The third kappa shape index (κ3) is 5.50. The first-order valence-corrected chi connectivity index (χ1v) is 5.99. The summed E-state index contributed by atoms with van der Waals surface area (Å²) in [6, 6.07) is 4.62. The highest BCUT2D eigenvalue weighted by molar-refractivity contribution is 6.02. The minimum atomic E-state index is -4.37. The molecule has 5 N–H and O–H groups in total. The second kappa shape index (κ2) is 6.66. The Morgan fingerprint density at radius 1 is 1.05 bits per heavy atom. The largest absolute Gasteiger partial charge is 0.416 e. The van der Waals surface area contributed by atoms with Crippen molar-refractivity contribution in [3.8, 4) is 0 Å². The first-order valence-electron chi connectivity index (χ1n) is 5.99. The number of guanidine groups is 2. The standard InChI is InChI=1S/C12H14F3N5.ClH/c13-12(14,15)7-1-3-8(4-2-7)18-10(16)20-11(17)19-9-5-6-9;/h1-4,9H,5-6H2,(H5,16,17,18,19,20);1H. The maximum absolute atomic E-state index is 12.4. The Morgan fingerprint density at radius 2 is 1.62 bits per heavy atom. The molecule has 0 aromatic heterocycles. The molecule has 0 spiro atoms.